The van der Waals surface area contributed by atoms with Gasteiger partial charge in [0.15, 0.2) is 0 Å². The molecule has 0 saturated heterocycles. The van der Waals surface area contributed by atoms with Gasteiger partial charge in [0.25, 0.3) is 6.43 Å². The molecule has 0 N–H and O–H groups in total. The first-order valence-corrected chi connectivity index (χ1v) is 4.42. The topological polar surface area (TPSA) is 24.8 Å². The second kappa shape index (κ2) is 5.05. The molecule has 80 valence electrons. The molecular weight excluding hydrogens is 190 g/mol. The molecule has 0 amide bonds. The van der Waals surface area contributed by atoms with Crippen molar-refractivity contribution in [2.75, 3.05) is 27.2 Å². The molecule has 0 fully saturated rings. The van der Waals surface area contributed by atoms with Gasteiger partial charge in [-0.3, -0.25) is 0 Å². The molecule has 0 radical (unpaired) electrons. The third kappa shape index (κ3) is 2.77. The molecule has 0 atom stereocenters. The Hall–Kier alpha value is -0.970. The number of hydrogen-bond acceptors (Lipinski definition) is 3. The van der Waals surface area contributed by atoms with Crippen molar-refractivity contribution in [3.8, 4) is 0 Å². The van der Waals surface area contributed by atoms with Crippen molar-refractivity contribution in [2.45, 2.75) is 12.8 Å². The molecule has 0 aromatic heterocycles. The Morgan fingerprint density at radius 1 is 1.64 bits per heavy atom. The van der Waals surface area contributed by atoms with E-state index in [9.17, 15) is 8.78 Å². The van der Waals surface area contributed by atoms with E-state index in [1.807, 2.05) is 11.9 Å². The summed E-state index contributed by atoms with van der Waals surface area (Å²) in [6.45, 7) is 1.40. The fraction of sp³-hybridized carbons (Fsp3) is 0.667. The molecule has 14 heavy (non-hydrogen) atoms. The summed E-state index contributed by atoms with van der Waals surface area (Å²) in [5.41, 5.74) is 0.314. The zero-order valence-corrected chi connectivity index (χ0v) is 8.33. The highest BCUT2D eigenvalue weighted by Gasteiger charge is 2.22. The first kappa shape index (κ1) is 11.1. The lowest BCUT2D eigenvalue weighted by molar-refractivity contribution is 0.186. The molecule has 0 unspecified atom stereocenters. The zero-order chi connectivity index (χ0) is 10.6. The Kier molecular flexibility index (Phi) is 4.00. The average molecular weight is 204 g/mol. The molecule has 0 aromatic carbocycles. The van der Waals surface area contributed by atoms with E-state index >= 15 is 0 Å². The molecule has 1 aliphatic rings. The van der Waals surface area contributed by atoms with Gasteiger partial charge in [-0.25, -0.2) is 8.78 Å². The van der Waals surface area contributed by atoms with Gasteiger partial charge in [0, 0.05) is 13.1 Å². The summed E-state index contributed by atoms with van der Waals surface area (Å²) in [7, 11) is 3.17. The Balaban J connectivity index is 2.78. The third-order valence-electron chi connectivity index (χ3n) is 2.07. The first-order valence-electron chi connectivity index (χ1n) is 4.42. The second-order valence-electron chi connectivity index (χ2n) is 3.22. The highest BCUT2D eigenvalue weighted by molar-refractivity contribution is 6.02. The van der Waals surface area contributed by atoms with E-state index in [0.717, 1.165) is 13.0 Å². The van der Waals surface area contributed by atoms with Gasteiger partial charge in [-0.1, -0.05) is 11.2 Å². The van der Waals surface area contributed by atoms with Crippen LogP contribution in [0.1, 0.15) is 6.42 Å². The maximum Gasteiger partial charge on any atom is 0.283 e. The summed E-state index contributed by atoms with van der Waals surface area (Å²) >= 11 is 0. The largest absolute Gasteiger partial charge is 0.399 e. The maximum atomic E-state index is 12.5. The summed E-state index contributed by atoms with van der Waals surface area (Å²) in [5.74, 6) is 0. The minimum absolute atomic E-state index is 0.251. The third-order valence-corrected chi connectivity index (χ3v) is 2.07. The van der Waals surface area contributed by atoms with Crippen LogP contribution in [-0.4, -0.2) is 44.3 Å². The van der Waals surface area contributed by atoms with Crippen molar-refractivity contribution in [2.24, 2.45) is 5.16 Å². The minimum Gasteiger partial charge on any atom is -0.399 e. The normalized spacial score (nSPS) is 19.8. The Bertz CT molecular complexity index is 251. The molecule has 0 saturated carbocycles. The average Bonchev–Trinajstić information content (AvgIpc) is 2.13. The van der Waals surface area contributed by atoms with Crippen LogP contribution in [0.25, 0.3) is 0 Å². The van der Waals surface area contributed by atoms with Gasteiger partial charge >= 0.3 is 0 Å². The summed E-state index contributed by atoms with van der Waals surface area (Å²) < 4.78 is 25.1. The molecular formula is C9H14F2N2O. The zero-order valence-electron chi connectivity index (χ0n) is 8.33. The van der Waals surface area contributed by atoms with Gasteiger partial charge in [0.1, 0.15) is 12.8 Å². The lowest BCUT2D eigenvalue weighted by Gasteiger charge is -2.23. The first-order chi connectivity index (χ1) is 6.65. The van der Waals surface area contributed by atoms with E-state index in [1.165, 1.54) is 7.11 Å². The highest BCUT2D eigenvalue weighted by Crippen LogP contribution is 2.14. The van der Waals surface area contributed by atoms with E-state index in [1.54, 1.807) is 6.08 Å². The van der Waals surface area contributed by atoms with Crippen molar-refractivity contribution in [1.29, 1.82) is 0 Å². The SMILES string of the molecule is CO/N=C(\C1=CCCN(C)C1)C(F)F. The molecule has 1 aliphatic heterocycles. The molecule has 0 bridgehead atoms. The van der Waals surface area contributed by atoms with E-state index in [0.29, 0.717) is 12.1 Å². The van der Waals surface area contributed by atoms with Crippen molar-refractivity contribution >= 4 is 5.71 Å². The lowest BCUT2D eigenvalue weighted by atomic mass is 10.1. The quantitative estimate of drug-likeness (QED) is 0.514. The summed E-state index contributed by atoms with van der Waals surface area (Å²) in [4.78, 5) is 6.38. The molecule has 0 aliphatic carbocycles. The molecule has 1 heterocycles. The van der Waals surface area contributed by atoms with Crippen LogP contribution in [-0.2, 0) is 4.84 Å². The number of halogens is 2. The lowest BCUT2D eigenvalue weighted by Crippen LogP contribution is -2.30. The summed E-state index contributed by atoms with van der Waals surface area (Å²) in [6, 6.07) is 0. The number of alkyl halides is 2. The molecule has 1 rings (SSSR count). The predicted molar refractivity (Wildman–Crippen MR) is 50.6 cm³/mol. The van der Waals surface area contributed by atoms with Crippen LogP contribution in [0, 0.1) is 0 Å². The van der Waals surface area contributed by atoms with Crippen LogP contribution in [0.5, 0.6) is 0 Å². The van der Waals surface area contributed by atoms with E-state index in [2.05, 4.69) is 9.99 Å². The number of nitrogens with zero attached hydrogens (tertiary/aromatic N) is 2. The smallest absolute Gasteiger partial charge is 0.283 e. The van der Waals surface area contributed by atoms with Crippen molar-refractivity contribution < 1.29 is 13.6 Å². The van der Waals surface area contributed by atoms with Gasteiger partial charge in [-0.05, 0) is 19.0 Å². The van der Waals surface area contributed by atoms with Crippen LogP contribution in [0.15, 0.2) is 16.8 Å². The Morgan fingerprint density at radius 2 is 2.36 bits per heavy atom. The fourth-order valence-corrected chi connectivity index (χ4v) is 1.42. The summed E-state index contributed by atoms with van der Waals surface area (Å²) in [5, 5.41) is 3.35. The molecule has 0 spiro atoms. The van der Waals surface area contributed by atoms with Crippen molar-refractivity contribution in [3.63, 3.8) is 0 Å². The van der Waals surface area contributed by atoms with Gasteiger partial charge in [0.05, 0.1) is 0 Å². The number of hydrogen-bond donors (Lipinski definition) is 0. The van der Waals surface area contributed by atoms with Crippen molar-refractivity contribution in [3.05, 3.63) is 11.6 Å². The van der Waals surface area contributed by atoms with Crippen LogP contribution < -0.4 is 0 Å². The van der Waals surface area contributed by atoms with E-state index < -0.39 is 6.43 Å². The van der Waals surface area contributed by atoms with Crippen LogP contribution in [0.3, 0.4) is 0 Å². The van der Waals surface area contributed by atoms with Gasteiger partial charge in [-0.15, -0.1) is 0 Å². The van der Waals surface area contributed by atoms with Crippen molar-refractivity contribution in [1.82, 2.24) is 4.90 Å². The summed E-state index contributed by atoms with van der Waals surface area (Å²) in [6.07, 6.45) is -0.00150. The van der Waals surface area contributed by atoms with Gasteiger partial charge in [0.2, 0.25) is 0 Å². The Labute approximate surface area is 82.0 Å². The maximum absolute atomic E-state index is 12.5. The Morgan fingerprint density at radius 3 is 2.86 bits per heavy atom. The fourth-order valence-electron chi connectivity index (χ4n) is 1.42. The highest BCUT2D eigenvalue weighted by atomic mass is 19.3. The predicted octanol–water partition coefficient (Wildman–Crippen LogP) is 1.52. The van der Waals surface area contributed by atoms with Crippen LogP contribution >= 0.6 is 0 Å². The van der Waals surface area contributed by atoms with Gasteiger partial charge in [-0.2, -0.15) is 0 Å². The minimum atomic E-state index is -2.58. The van der Waals surface area contributed by atoms with Crippen LogP contribution in [0.4, 0.5) is 8.78 Å². The van der Waals surface area contributed by atoms with Crippen LogP contribution in [0.2, 0.25) is 0 Å². The molecule has 5 heteroatoms. The number of rotatable bonds is 3. The standard InChI is InChI=1S/C9H14F2N2O/c1-13-5-3-4-7(6-13)8(9(10)11)12-14-2/h4,9H,3,5-6H2,1-2H3/b12-8+. The molecule has 0 aromatic rings. The number of likely N-dealkylation sites (N-methyl/N-ethyl adjacent to an activating group) is 1. The monoisotopic (exact) mass is 204 g/mol. The van der Waals surface area contributed by atoms with E-state index in [4.69, 9.17) is 0 Å². The molecule has 3 nitrogen and oxygen atoms in total. The van der Waals surface area contributed by atoms with Gasteiger partial charge < -0.3 is 9.74 Å². The van der Waals surface area contributed by atoms with E-state index in [-0.39, 0.29) is 5.71 Å². The number of oxime groups is 1. The second-order valence-corrected chi connectivity index (χ2v) is 3.22.